The molecule has 1 aliphatic rings. The Morgan fingerprint density at radius 2 is 1.76 bits per heavy atom. The molecule has 144 valence electrons. The number of aryl methyl sites for hydroxylation is 1. The lowest BCUT2D eigenvalue weighted by molar-refractivity contribution is -0.117. The molecule has 29 heavy (non-hydrogen) atoms. The molecule has 4 nitrogen and oxygen atoms in total. The molecular formula is C25H23N3O. The van der Waals surface area contributed by atoms with Crippen LogP contribution in [-0.2, 0) is 11.3 Å². The van der Waals surface area contributed by atoms with Gasteiger partial charge in [-0.1, -0.05) is 54.6 Å². The largest absolute Gasteiger partial charge is 0.323 e. The highest BCUT2D eigenvalue weighted by molar-refractivity contribution is 5.96. The van der Waals surface area contributed by atoms with Crippen molar-refractivity contribution >= 4 is 22.6 Å². The number of hydrogen-bond donors (Lipinski definition) is 0. The average Bonchev–Trinajstić information content (AvgIpc) is 3.30. The Morgan fingerprint density at radius 3 is 2.59 bits per heavy atom. The van der Waals surface area contributed by atoms with Crippen molar-refractivity contribution in [1.82, 2.24) is 9.55 Å². The fourth-order valence-corrected chi connectivity index (χ4v) is 4.26. The number of nitrogens with zero attached hydrogens (tertiary/aromatic N) is 3. The maximum atomic E-state index is 12.8. The van der Waals surface area contributed by atoms with Gasteiger partial charge in [0.2, 0.25) is 5.91 Å². The van der Waals surface area contributed by atoms with Gasteiger partial charge in [0.05, 0.1) is 11.0 Å². The first-order chi connectivity index (χ1) is 14.2. The molecule has 0 aliphatic carbocycles. The van der Waals surface area contributed by atoms with Gasteiger partial charge < -0.3 is 9.47 Å². The van der Waals surface area contributed by atoms with Crippen LogP contribution in [0.5, 0.6) is 0 Å². The molecule has 5 rings (SSSR count). The molecule has 4 aromatic rings. The second-order valence-electron chi connectivity index (χ2n) is 7.77. The van der Waals surface area contributed by atoms with Crippen molar-refractivity contribution < 1.29 is 4.79 Å². The molecule has 1 saturated heterocycles. The molecule has 0 bridgehead atoms. The summed E-state index contributed by atoms with van der Waals surface area (Å²) in [6.45, 7) is 3.48. The molecule has 4 heteroatoms. The summed E-state index contributed by atoms with van der Waals surface area (Å²) < 4.78 is 2.28. The Labute approximate surface area is 170 Å². The zero-order valence-electron chi connectivity index (χ0n) is 16.5. The van der Waals surface area contributed by atoms with E-state index in [0.717, 1.165) is 34.7 Å². The van der Waals surface area contributed by atoms with Crippen LogP contribution in [0.4, 0.5) is 5.69 Å². The van der Waals surface area contributed by atoms with Crippen molar-refractivity contribution in [2.45, 2.75) is 25.8 Å². The number of rotatable bonds is 4. The predicted octanol–water partition coefficient (Wildman–Crippen LogP) is 4.91. The molecule has 1 atom stereocenters. The first-order valence-electron chi connectivity index (χ1n) is 10.0. The topological polar surface area (TPSA) is 38.1 Å². The maximum Gasteiger partial charge on any atom is 0.227 e. The minimum atomic E-state index is 0.0825. The second kappa shape index (κ2) is 7.21. The van der Waals surface area contributed by atoms with Crippen LogP contribution in [0.2, 0.25) is 0 Å². The van der Waals surface area contributed by atoms with Gasteiger partial charge in [0, 0.05) is 31.1 Å². The number of amides is 1. The quantitative estimate of drug-likeness (QED) is 0.504. The Morgan fingerprint density at radius 1 is 0.966 bits per heavy atom. The van der Waals surface area contributed by atoms with E-state index >= 15 is 0 Å². The van der Waals surface area contributed by atoms with Crippen LogP contribution >= 0.6 is 0 Å². The van der Waals surface area contributed by atoms with E-state index in [1.54, 1.807) is 0 Å². The van der Waals surface area contributed by atoms with Crippen LogP contribution in [0, 0.1) is 6.92 Å². The first kappa shape index (κ1) is 17.7. The standard InChI is InChI=1S/C25H23N3O/c1-18-8-7-11-21(14-18)27-17-20(15-24(27)29)25-26-22-12-5-6-13-23(22)28(25)16-19-9-3-2-4-10-19/h2-14,20H,15-17H2,1H3. The zero-order chi connectivity index (χ0) is 19.8. The molecule has 1 aliphatic heterocycles. The highest BCUT2D eigenvalue weighted by Gasteiger charge is 2.34. The van der Waals surface area contributed by atoms with E-state index in [1.165, 1.54) is 5.56 Å². The lowest BCUT2D eigenvalue weighted by Gasteiger charge is -2.18. The number of imidazole rings is 1. The van der Waals surface area contributed by atoms with Gasteiger partial charge in [-0.25, -0.2) is 4.98 Å². The molecule has 0 spiro atoms. The Bertz CT molecular complexity index is 1180. The van der Waals surface area contributed by atoms with Gasteiger partial charge in [-0.2, -0.15) is 0 Å². The molecular weight excluding hydrogens is 358 g/mol. The smallest absolute Gasteiger partial charge is 0.227 e. The highest BCUT2D eigenvalue weighted by Crippen LogP contribution is 2.33. The summed E-state index contributed by atoms with van der Waals surface area (Å²) in [5.41, 5.74) is 5.47. The number of para-hydroxylation sites is 2. The zero-order valence-corrected chi connectivity index (χ0v) is 16.5. The summed E-state index contributed by atoms with van der Waals surface area (Å²) in [6, 6.07) is 26.8. The molecule has 0 saturated carbocycles. The van der Waals surface area contributed by atoms with Gasteiger partial charge in [-0.3, -0.25) is 4.79 Å². The molecule has 1 amide bonds. The number of carbonyl (C=O) groups is 1. The van der Waals surface area contributed by atoms with E-state index in [1.807, 2.05) is 35.2 Å². The number of aromatic nitrogens is 2. The summed E-state index contributed by atoms with van der Waals surface area (Å²) in [7, 11) is 0. The van der Waals surface area contributed by atoms with Crippen LogP contribution in [0.25, 0.3) is 11.0 Å². The highest BCUT2D eigenvalue weighted by atomic mass is 16.2. The van der Waals surface area contributed by atoms with E-state index < -0.39 is 0 Å². The lowest BCUT2D eigenvalue weighted by atomic mass is 10.1. The van der Waals surface area contributed by atoms with Crippen LogP contribution < -0.4 is 4.90 Å². The van der Waals surface area contributed by atoms with Crippen molar-refractivity contribution in [3.05, 3.63) is 95.8 Å². The van der Waals surface area contributed by atoms with Gasteiger partial charge in [-0.05, 0) is 42.3 Å². The van der Waals surface area contributed by atoms with Crippen molar-refractivity contribution in [2.75, 3.05) is 11.4 Å². The minimum Gasteiger partial charge on any atom is -0.323 e. The molecule has 0 radical (unpaired) electrons. The minimum absolute atomic E-state index is 0.0825. The van der Waals surface area contributed by atoms with Crippen LogP contribution in [0.1, 0.15) is 29.3 Å². The molecule has 1 unspecified atom stereocenters. The summed E-state index contributed by atoms with van der Waals surface area (Å²) in [4.78, 5) is 19.7. The van der Waals surface area contributed by atoms with Crippen molar-refractivity contribution in [2.24, 2.45) is 0 Å². The van der Waals surface area contributed by atoms with Gasteiger partial charge in [0.15, 0.2) is 0 Å². The Balaban J connectivity index is 1.53. The van der Waals surface area contributed by atoms with E-state index in [4.69, 9.17) is 4.98 Å². The second-order valence-corrected chi connectivity index (χ2v) is 7.77. The van der Waals surface area contributed by atoms with E-state index in [0.29, 0.717) is 13.0 Å². The van der Waals surface area contributed by atoms with Crippen LogP contribution in [-0.4, -0.2) is 22.0 Å². The van der Waals surface area contributed by atoms with Gasteiger partial charge in [0.1, 0.15) is 5.82 Å². The predicted molar refractivity (Wildman–Crippen MR) is 116 cm³/mol. The Kier molecular flexibility index (Phi) is 4.39. The summed E-state index contributed by atoms with van der Waals surface area (Å²) in [5.74, 6) is 1.25. The SMILES string of the molecule is Cc1cccc(N2CC(c3nc4ccccc4n3Cc3ccccc3)CC2=O)c1. The number of anilines is 1. The fourth-order valence-electron chi connectivity index (χ4n) is 4.26. The summed E-state index contributed by atoms with van der Waals surface area (Å²) in [6.07, 6.45) is 0.492. The van der Waals surface area contributed by atoms with Crippen molar-refractivity contribution in [1.29, 1.82) is 0 Å². The van der Waals surface area contributed by atoms with E-state index in [2.05, 4.69) is 60.0 Å². The monoisotopic (exact) mass is 381 g/mol. The lowest BCUT2D eigenvalue weighted by Crippen LogP contribution is -2.24. The van der Waals surface area contributed by atoms with Crippen LogP contribution in [0.15, 0.2) is 78.9 Å². The van der Waals surface area contributed by atoms with E-state index in [-0.39, 0.29) is 11.8 Å². The van der Waals surface area contributed by atoms with Crippen molar-refractivity contribution in [3.8, 4) is 0 Å². The number of fused-ring (bicyclic) bond motifs is 1. The van der Waals surface area contributed by atoms with Gasteiger partial charge in [-0.15, -0.1) is 0 Å². The maximum absolute atomic E-state index is 12.8. The van der Waals surface area contributed by atoms with Crippen molar-refractivity contribution in [3.63, 3.8) is 0 Å². The first-order valence-corrected chi connectivity index (χ1v) is 10.0. The number of hydrogen-bond acceptors (Lipinski definition) is 2. The molecule has 2 heterocycles. The summed E-state index contributed by atoms with van der Waals surface area (Å²) in [5, 5.41) is 0. The third-order valence-electron chi connectivity index (χ3n) is 5.67. The molecule has 3 aromatic carbocycles. The van der Waals surface area contributed by atoms with Crippen LogP contribution in [0.3, 0.4) is 0 Å². The number of carbonyl (C=O) groups excluding carboxylic acids is 1. The third kappa shape index (κ3) is 3.31. The fraction of sp³-hybridized carbons (Fsp3) is 0.200. The van der Waals surface area contributed by atoms with Gasteiger partial charge >= 0.3 is 0 Å². The molecule has 0 N–H and O–H groups in total. The third-order valence-corrected chi connectivity index (χ3v) is 5.67. The normalized spacial score (nSPS) is 16.7. The average molecular weight is 381 g/mol. The number of benzene rings is 3. The Hall–Kier alpha value is -3.40. The molecule has 1 fully saturated rings. The van der Waals surface area contributed by atoms with Gasteiger partial charge in [0.25, 0.3) is 0 Å². The molecule has 1 aromatic heterocycles. The van der Waals surface area contributed by atoms with E-state index in [9.17, 15) is 4.79 Å². The summed E-state index contributed by atoms with van der Waals surface area (Å²) >= 11 is 0.